The van der Waals surface area contributed by atoms with E-state index in [4.69, 9.17) is 16.3 Å². The van der Waals surface area contributed by atoms with Crippen molar-refractivity contribution in [3.8, 4) is 5.88 Å². The molecule has 1 N–H and O–H groups in total. The van der Waals surface area contributed by atoms with Crippen LogP contribution in [0.2, 0.25) is 5.02 Å². The van der Waals surface area contributed by atoms with Crippen molar-refractivity contribution in [1.82, 2.24) is 9.97 Å². The van der Waals surface area contributed by atoms with E-state index in [0.717, 1.165) is 40.6 Å². The predicted octanol–water partition coefficient (Wildman–Crippen LogP) is 4.47. The largest absolute Gasteiger partial charge is 0.467 e. The van der Waals surface area contributed by atoms with Crippen LogP contribution >= 0.6 is 22.9 Å². The molecule has 0 bridgehead atoms. The number of amides is 1. The fraction of sp³-hybridized carbons (Fsp3) is 0.316. The summed E-state index contributed by atoms with van der Waals surface area (Å²) < 4.78 is 5.74. The third-order valence-corrected chi connectivity index (χ3v) is 6.00. The summed E-state index contributed by atoms with van der Waals surface area (Å²) in [5, 5.41) is 4.32. The van der Waals surface area contributed by atoms with Crippen LogP contribution < -0.4 is 10.1 Å². The third-order valence-electron chi connectivity index (χ3n) is 4.50. The van der Waals surface area contributed by atoms with Crippen molar-refractivity contribution < 1.29 is 9.53 Å². The summed E-state index contributed by atoms with van der Waals surface area (Å²) in [5.74, 6) is 0.216. The van der Waals surface area contributed by atoms with Gasteiger partial charge < -0.3 is 10.1 Å². The molecule has 134 valence electrons. The van der Waals surface area contributed by atoms with Crippen molar-refractivity contribution in [3.63, 3.8) is 0 Å². The van der Waals surface area contributed by atoms with Crippen LogP contribution in [-0.2, 0) is 17.6 Å². The molecule has 2 heterocycles. The topological polar surface area (TPSA) is 64.1 Å². The number of ether oxygens (including phenoxy) is 1. The monoisotopic (exact) mass is 387 g/mol. The first kappa shape index (κ1) is 17.2. The van der Waals surface area contributed by atoms with Crippen molar-refractivity contribution in [2.24, 2.45) is 0 Å². The molecule has 0 atom stereocenters. The SMILES string of the molecule is Cc1cc(C)c(NC(=O)COc2ncnc3sc4c(c23)CCC4)c(Cl)c1. The summed E-state index contributed by atoms with van der Waals surface area (Å²) in [5.41, 5.74) is 3.87. The molecule has 0 unspecified atom stereocenters. The fourth-order valence-corrected chi connectivity index (χ4v) is 4.98. The maximum atomic E-state index is 12.3. The number of benzene rings is 1. The van der Waals surface area contributed by atoms with E-state index in [1.807, 2.05) is 26.0 Å². The second kappa shape index (κ2) is 6.85. The molecule has 26 heavy (non-hydrogen) atoms. The Bertz CT molecular complexity index is 992. The molecule has 0 saturated carbocycles. The number of rotatable bonds is 4. The van der Waals surface area contributed by atoms with Gasteiger partial charge >= 0.3 is 0 Å². The zero-order valence-electron chi connectivity index (χ0n) is 14.6. The molecule has 0 fully saturated rings. The zero-order chi connectivity index (χ0) is 18.3. The van der Waals surface area contributed by atoms with Crippen molar-refractivity contribution in [1.29, 1.82) is 0 Å². The Morgan fingerprint density at radius 2 is 2.15 bits per heavy atom. The van der Waals surface area contributed by atoms with Gasteiger partial charge in [-0.3, -0.25) is 4.79 Å². The van der Waals surface area contributed by atoms with Crippen LogP contribution in [0.5, 0.6) is 5.88 Å². The Kier molecular flexibility index (Phi) is 4.54. The van der Waals surface area contributed by atoms with E-state index < -0.39 is 0 Å². The fourth-order valence-electron chi connectivity index (χ4n) is 3.39. The summed E-state index contributed by atoms with van der Waals surface area (Å²) in [6.07, 6.45) is 4.74. The Morgan fingerprint density at radius 1 is 1.31 bits per heavy atom. The highest BCUT2D eigenvalue weighted by atomic mass is 35.5. The Balaban J connectivity index is 1.51. The first-order chi connectivity index (χ1) is 12.5. The normalized spacial score (nSPS) is 13.0. The molecule has 2 aromatic heterocycles. The van der Waals surface area contributed by atoms with Crippen LogP contribution in [0.15, 0.2) is 18.5 Å². The average molecular weight is 388 g/mol. The number of hydrogen-bond acceptors (Lipinski definition) is 5. The van der Waals surface area contributed by atoms with E-state index in [-0.39, 0.29) is 12.5 Å². The van der Waals surface area contributed by atoms with E-state index in [0.29, 0.717) is 16.6 Å². The minimum absolute atomic E-state index is 0.125. The predicted molar refractivity (Wildman–Crippen MR) is 104 cm³/mol. The van der Waals surface area contributed by atoms with Gasteiger partial charge in [-0.2, -0.15) is 0 Å². The molecule has 1 aliphatic rings. The van der Waals surface area contributed by atoms with E-state index >= 15 is 0 Å². The average Bonchev–Trinajstić information content (AvgIpc) is 3.17. The van der Waals surface area contributed by atoms with Gasteiger partial charge in [0, 0.05) is 4.88 Å². The van der Waals surface area contributed by atoms with E-state index in [1.54, 1.807) is 11.3 Å². The van der Waals surface area contributed by atoms with Crippen LogP contribution in [0.25, 0.3) is 10.2 Å². The second-order valence-electron chi connectivity index (χ2n) is 6.49. The molecule has 1 aliphatic carbocycles. The molecule has 0 spiro atoms. The van der Waals surface area contributed by atoms with Gasteiger partial charge in [-0.1, -0.05) is 17.7 Å². The molecule has 3 aromatic rings. The number of carbonyl (C=O) groups excluding carboxylic acids is 1. The highest BCUT2D eigenvalue weighted by molar-refractivity contribution is 7.18. The minimum atomic E-state index is -0.266. The first-order valence-electron chi connectivity index (χ1n) is 8.47. The van der Waals surface area contributed by atoms with Gasteiger partial charge in [0.25, 0.3) is 5.91 Å². The standard InChI is InChI=1S/C19H18ClN3O2S/c1-10-6-11(2)17(13(20)7-10)23-15(24)8-25-18-16-12-4-3-5-14(12)26-19(16)22-9-21-18/h6-7,9H,3-5,8H2,1-2H3,(H,23,24). The van der Waals surface area contributed by atoms with Crippen LogP contribution in [-0.4, -0.2) is 22.5 Å². The quantitative estimate of drug-likeness (QED) is 0.717. The minimum Gasteiger partial charge on any atom is -0.467 e. The lowest BCUT2D eigenvalue weighted by Gasteiger charge is -2.12. The molecule has 0 radical (unpaired) electrons. The lowest BCUT2D eigenvalue weighted by atomic mass is 10.1. The Morgan fingerprint density at radius 3 is 2.96 bits per heavy atom. The molecule has 0 aliphatic heterocycles. The molecule has 1 amide bonds. The molecular weight excluding hydrogens is 370 g/mol. The molecule has 4 rings (SSSR count). The van der Waals surface area contributed by atoms with Gasteiger partial charge in [-0.05, 0) is 55.9 Å². The summed E-state index contributed by atoms with van der Waals surface area (Å²) in [4.78, 5) is 23.2. The third kappa shape index (κ3) is 3.15. The van der Waals surface area contributed by atoms with E-state index in [2.05, 4.69) is 15.3 Å². The van der Waals surface area contributed by atoms with Gasteiger partial charge in [0.15, 0.2) is 6.61 Å². The number of aryl methyl sites for hydroxylation is 4. The van der Waals surface area contributed by atoms with Gasteiger partial charge in [0.1, 0.15) is 11.2 Å². The maximum absolute atomic E-state index is 12.3. The van der Waals surface area contributed by atoms with Crippen LogP contribution in [0.3, 0.4) is 0 Å². The number of fused-ring (bicyclic) bond motifs is 3. The molecule has 1 aromatic carbocycles. The smallest absolute Gasteiger partial charge is 0.262 e. The molecular formula is C19H18ClN3O2S. The van der Waals surface area contributed by atoms with Crippen molar-refractivity contribution >= 4 is 44.7 Å². The Hall–Kier alpha value is -2.18. The van der Waals surface area contributed by atoms with Crippen molar-refractivity contribution in [2.75, 3.05) is 11.9 Å². The molecule has 7 heteroatoms. The number of anilines is 1. The van der Waals surface area contributed by atoms with Crippen LogP contribution in [0.1, 0.15) is 28.0 Å². The first-order valence-corrected chi connectivity index (χ1v) is 9.67. The zero-order valence-corrected chi connectivity index (χ0v) is 16.1. The number of hydrogen-bond donors (Lipinski definition) is 1. The van der Waals surface area contributed by atoms with Crippen molar-refractivity contribution in [2.45, 2.75) is 33.1 Å². The number of thiophene rings is 1. The van der Waals surface area contributed by atoms with E-state index in [1.165, 1.54) is 16.8 Å². The van der Waals surface area contributed by atoms with Gasteiger partial charge in [0.05, 0.1) is 16.1 Å². The Labute approximate surface area is 160 Å². The lowest BCUT2D eigenvalue weighted by molar-refractivity contribution is -0.118. The maximum Gasteiger partial charge on any atom is 0.262 e. The van der Waals surface area contributed by atoms with E-state index in [9.17, 15) is 4.79 Å². The highest BCUT2D eigenvalue weighted by Gasteiger charge is 2.22. The second-order valence-corrected chi connectivity index (χ2v) is 7.98. The summed E-state index contributed by atoms with van der Waals surface area (Å²) >= 11 is 7.94. The van der Waals surface area contributed by atoms with Gasteiger partial charge in [-0.15, -0.1) is 11.3 Å². The number of aromatic nitrogens is 2. The number of nitrogens with zero attached hydrogens (tertiary/aromatic N) is 2. The summed E-state index contributed by atoms with van der Waals surface area (Å²) in [7, 11) is 0. The van der Waals surface area contributed by atoms with Crippen LogP contribution in [0.4, 0.5) is 5.69 Å². The van der Waals surface area contributed by atoms with Gasteiger partial charge in [-0.25, -0.2) is 9.97 Å². The van der Waals surface area contributed by atoms with Crippen LogP contribution in [0, 0.1) is 13.8 Å². The van der Waals surface area contributed by atoms with Gasteiger partial charge in [0.2, 0.25) is 5.88 Å². The highest BCUT2D eigenvalue weighted by Crippen LogP contribution is 2.39. The van der Waals surface area contributed by atoms with Crippen molar-refractivity contribution in [3.05, 3.63) is 45.1 Å². The summed E-state index contributed by atoms with van der Waals surface area (Å²) in [6, 6.07) is 3.80. The molecule has 0 saturated heterocycles. The summed E-state index contributed by atoms with van der Waals surface area (Å²) in [6.45, 7) is 3.76. The number of halogens is 1. The molecule has 5 nitrogen and oxygen atoms in total. The lowest BCUT2D eigenvalue weighted by Crippen LogP contribution is -2.21. The number of carbonyl (C=O) groups is 1. The number of nitrogens with one attached hydrogen (secondary N) is 1.